The molecule has 2 aromatic rings. The minimum absolute atomic E-state index is 0.0346. The van der Waals surface area contributed by atoms with Gasteiger partial charge in [0.2, 0.25) is 0 Å². The van der Waals surface area contributed by atoms with Gasteiger partial charge in [-0.25, -0.2) is 4.39 Å². The summed E-state index contributed by atoms with van der Waals surface area (Å²) in [4.78, 5) is 37.9. The molecule has 166 valence electrons. The molecule has 0 aromatic heterocycles. The van der Waals surface area contributed by atoms with E-state index in [1.54, 1.807) is 6.08 Å². The van der Waals surface area contributed by atoms with Crippen molar-refractivity contribution in [3.63, 3.8) is 0 Å². The number of carbonyl (C=O) groups excluding carboxylic acids is 2. The Morgan fingerprint density at radius 3 is 2.34 bits per heavy atom. The van der Waals surface area contributed by atoms with Crippen molar-refractivity contribution in [2.45, 2.75) is 31.7 Å². The Hall–Kier alpha value is -3.74. The van der Waals surface area contributed by atoms with Crippen LogP contribution in [0.3, 0.4) is 0 Å². The molecule has 6 nitrogen and oxygen atoms in total. The van der Waals surface area contributed by atoms with Crippen LogP contribution in [0.5, 0.6) is 0 Å². The van der Waals surface area contributed by atoms with Gasteiger partial charge in [-0.05, 0) is 42.2 Å². The summed E-state index contributed by atoms with van der Waals surface area (Å²) in [6.07, 6.45) is 4.48. The number of aliphatic hydroxyl groups excluding tert-OH is 1. The van der Waals surface area contributed by atoms with Crippen LogP contribution >= 0.6 is 0 Å². The first-order valence-corrected chi connectivity index (χ1v) is 10.4. The number of ketones is 1. The van der Waals surface area contributed by atoms with E-state index >= 15 is 0 Å². The van der Waals surface area contributed by atoms with Crippen LogP contribution in [0.15, 0.2) is 72.0 Å². The summed E-state index contributed by atoms with van der Waals surface area (Å²) >= 11 is 0. The van der Waals surface area contributed by atoms with Gasteiger partial charge in [0.25, 0.3) is 5.91 Å². The van der Waals surface area contributed by atoms with Gasteiger partial charge in [0.05, 0.1) is 11.6 Å². The highest BCUT2D eigenvalue weighted by molar-refractivity contribution is 6.14. The monoisotopic (exact) mass is 437 g/mol. The lowest BCUT2D eigenvalue weighted by Crippen LogP contribution is -2.32. The fourth-order valence-corrected chi connectivity index (χ4v) is 3.69. The van der Waals surface area contributed by atoms with Gasteiger partial charge in [-0.3, -0.25) is 14.4 Å². The van der Waals surface area contributed by atoms with Crippen molar-refractivity contribution in [1.29, 1.82) is 0 Å². The average molecular weight is 437 g/mol. The maximum atomic E-state index is 13.5. The van der Waals surface area contributed by atoms with Crippen LogP contribution in [0.25, 0.3) is 6.08 Å². The first-order chi connectivity index (χ1) is 15.4. The van der Waals surface area contributed by atoms with Gasteiger partial charge < -0.3 is 15.1 Å². The zero-order chi connectivity index (χ0) is 23.1. The molecule has 7 heteroatoms. The molecule has 0 aliphatic carbocycles. The van der Waals surface area contributed by atoms with Crippen LogP contribution in [-0.4, -0.2) is 39.3 Å². The first-order valence-electron chi connectivity index (χ1n) is 10.4. The summed E-state index contributed by atoms with van der Waals surface area (Å²) in [5.74, 6) is -3.14. The second kappa shape index (κ2) is 10.5. The molecule has 2 aromatic carbocycles. The molecule has 1 amide bonds. The molecule has 0 spiro atoms. The summed E-state index contributed by atoms with van der Waals surface area (Å²) in [6.45, 7) is 0.226. The third-order valence-corrected chi connectivity index (χ3v) is 5.27. The van der Waals surface area contributed by atoms with Gasteiger partial charge in [-0.1, -0.05) is 55.0 Å². The highest BCUT2D eigenvalue weighted by atomic mass is 19.1. The molecule has 1 atom stereocenters. The standard InChI is InChI=1S/C25H24FNO5/c26-19-13-11-18(12-14-19)23-22(20(28)15-10-17-7-3-1-4-8-17)24(31)25(32)27(23)16-6-2-5-9-21(29)30/h1,3-4,7-8,10-15,23,31H,2,5-6,9,16H2,(H,29,30)/b15-10+/t23-/m0/s1. The number of nitrogens with zero attached hydrogens (tertiary/aromatic N) is 1. The minimum atomic E-state index is -0.885. The van der Waals surface area contributed by atoms with Crippen LogP contribution in [0, 0.1) is 5.82 Å². The number of carboxylic acids is 1. The van der Waals surface area contributed by atoms with Gasteiger partial charge in [0.1, 0.15) is 5.82 Å². The highest BCUT2D eigenvalue weighted by Crippen LogP contribution is 2.38. The van der Waals surface area contributed by atoms with Gasteiger partial charge in [0.15, 0.2) is 11.5 Å². The van der Waals surface area contributed by atoms with Gasteiger partial charge >= 0.3 is 5.97 Å². The van der Waals surface area contributed by atoms with Crippen LogP contribution < -0.4 is 0 Å². The number of halogens is 1. The molecule has 0 fully saturated rings. The van der Waals surface area contributed by atoms with Crippen molar-refractivity contribution >= 4 is 23.7 Å². The quantitative estimate of drug-likeness (QED) is 0.423. The van der Waals surface area contributed by atoms with E-state index in [0.29, 0.717) is 24.8 Å². The molecule has 0 unspecified atom stereocenters. The molecule has 0 bridgehead atoms. The molecule has 1 aliphatic heterocycles. The normalized spacial score (nSPS) is 16.2. The van der Waals surface area contributed by atoms with Crippen LogP contribution in [0.4, 0.5) is 4.39 Å². The van der Waals surface area contributed by atoms with E-state index in [4.69, 9.17) is 5.11 Å². The second-order valence-corrected chi connectivity index (χ2v) is 7.53. The van der Waals surface area contributed by atoms with Gasteiger partial charge in [-0.15, -0.1) is 0 Å². The number of benzene rings is 2. The number of amides is 1. The molecule has 1 heterocycles. The Morgan fingerprint density at radius 2 is 1.69 bits per heavy atom. The lowest BCUT2D eigenvalue weighted by Gasteiger charge is -2.26. The van der Waals surface area contributed by atoms with E-state index in [1.165, 1.54) is 35.2 Å². The van der Waals surface area contributed by atoms with E-state index in [2.05, 4.69) is 0 Å². The first kappa shape index (κ1) is 22.9. The Labute approximate surface area is 185 Å². The molecule has 0 saturated carbocycles. The Balaban J connectivity index is 1.85. The number of hydrogen-bond acceptors (Lipinski definition) is 4. The molecule has 1 aliphatic rings. The molecule has 3 rings (SSSR count). The van der Waals surface area contributed by atoms with Crippen LogP contribution in [0.2, 0.25) is 0 Å². The van der Waals surface area contributed by atoms with Crippen molar-refractivity contribution < 1.29 is 29.0 Å². The van der Waals surface area contributed by atoms with E-state index in [-0.39, 0.29) is 18.5 Å². The summed E-state index contributed by atoms with van der Waals surface area (Å²) in [6, 6.07) is 13.7. The number of unbranched alkanes of at least 4 members (excludes halogenated alkanes) is 2. The summed E-state index contributed by atoms with van der Waals surface area (Å²) in [5, 5.41) is 19.3. The maximum Gasteiger partial charge on any atom is 0.303 e. The van der Waals surface area contributed by atoms with Gasteiger partial charge in [0, 0.05) is 13.0 Å². The number of hydrogen-bond donors (Lipinski definition) is 2. The molecule has 0 saturated heterocycles. The predicted octanol–water partition coefficient (Wildman–Crippen LogP) is 4.45. The topological polar surface area (TPSA) is 94.9 Å². The van der Waals surface area contributed by atoms with E-state index in [1.807, 2.05) is 30.3 Å². The van der Waals surface area contributed by atoms with E-state index < -0.39 is 35.3 Å². The van der Waals surface area contributed by atoms with Gasteiger partial charge in [-0.2, -0.15) is 0 Å². The zero-order valence-corrected chi connectivity index (χ0v) is 17.4. The van der Waals surface area contributed by atoms with E-state index in [0.717, 1.165) is 5.56 Å². The lowest BCUT2D eigenvalue weighted by molar-refractivity contribution is -0.137. The van der Waals surface area contributed by atoms with Crippen molar-refractivity contribution in [3.8, 4) is 0 Å². The van der Waals surface area contributed by atoms with Crippen molar-refractivity contribution in [2.24, 2.45) is 0 Å². The minimum Gasteiger partial charge on any atom is -0.503 e. The Morgan fingerprint density at radius 1 is 1.00 bits per heavy atom. The largest absolute Gasteiger partial charge is 0.503 e. The number of aliphatic carboxylic acids is 1. The average Bonchev–Trinajstić information content (AvgIpc) is 3.03. The number of carbonyl (C=O) groups is 3. The Kier molecular flexibility index (Phi) is 7.54. The number of allylic oxidation sites excluding steroid dienone is 1. The van der Waals surface area contributed by atoms with E-state index in [9.17, 15) is 23.9 Å². The smallest absolute Gasteiger partial charge is 0.303 e. The second-order valence-electron chi connectivity index (χ2n) is 7.53. The molecular weight excluding hydrogens is 413 g/mol. The van der Waals surface area contributed by atoms with Crippen LogP contribution in [-0.2, 0) is 14.4 Å². The maximum absolute atomic E-state index is 13.5. The van der Waals surface area contributed by atoms with Crippen LogP contribution in [0.1, 0.15) is 42.9 Å². The molecule has 0 radical (unpaired) electrons. The zero-order valence-electron chi connectivity index (χ0n) is 17.4. The van der Waals surface area contributed by atoms with Crippen molar-refractivity contribution in [3.05, 3.63) is 88.9 Å². The Bertz CT molecular complexity index is 1040. The summed E-state index contributed by atoms with van der Waals surface area (Å²) in [7, 11) is 0. The highest BCUT2D eigenvalue weighted by Gasteiger charge is 2.42. The number of aliphatic hydroxyl groups is 1. The SMILES string of the molecule is O=C(O)CCCCCN1C(=O)C(O)=C(C(=O)/C=C/c2ccccc2)[C@@H]1c1ccc(F)cc1. The predicted molar refractivity (Wildman–Crippen MR) is 117 cm³/mol. The molecular formula is C25H24FNO5. The molecule has 32 heavy (non-hydrogen) atoms. The fraction of sp³-hybridized carbons (Fsp3) is 0.240. The summed E-state index contributed by atoms with van der Waals surface area (Å²) < 4.78 is 13.5. The lowest BCUT2D eigenvalue weighted by atomic mass is 9.95. The van der Waals surface area contributed by atoms with Crippen molar-refractivity contribution in [2.75, 3.05) is 6.54 Å². The van der Waals surface area contributed by atoms with Crippen molar-refractivity contribution in [1.82, 2.24) is 4.90 Å². The number of carboxylic acid groups (broad SMARTS) is 1. The third-order valence-electron chi connectivity index (χ3n) is 5.27. The number of rotatable bonds is 10. The molecule has 2 N–H and O–H groups in total. The summed E-state index contributed by atoms with van der Waals surface area (Å²) in [5.41, 5.74) is 1.24. The third kappa shape index (κ3) is 5.49. The fourth-order valence-electron chi connectivity index (χ4n) is 3.69.